The van der Waals surface area contributed by atoms with Crippen molar-refractivity contribution in [2.45, 2.75) is 11.4 Å². The molecule has 0 spiro atoms. The number of nitrogens with zero attached hydrogens (tertiary/aromatic N) is 2. The van der Waals surface area contributed by atoms with Crippen LogP contribution >= 0.6 is 27.3 Å². The Hall–Kier alpha value is -2.76. The molecule has 3 aromatic carbocycles. The zero-order valence-corrected chi connectivity index (χ0v) is 20.6. The van der Waals surface area contributed by atoms with Crippen molar-refractivity contribution in [2.75, 3.05) is 18.5 Å². The molecule has 0 aliphatic rings. The van der Waals surface area contributed by atoms with Crippen molar-refractivity contribution in [3.63, 3.8) is 0 Å². The van der Waals surface area contributed by atoms with E-state index >= 15 is 0 Å². The van der Waals surface area contributed by atoms with Gasteiger partial charge in [-0.25, -0.2) is 26.5 Å². The molecule has 0 aliphatic heterocycles. The van der Waals surface area contributed by atoms with Gasteiger partial charge in [0.25, 0.3) is 10.0 Å². The molecule has 1 aromatic heterocycles. The second-order valence-electron chi connectivity index (χ2n) is 6.87. The number of anilines is 1. The third-order valence-corrected chi connectivity index (χ3v) is 8.24. The lowest BCUT2D eigenvalue weighted by Gasteiger charge is -2.23. The van der Waals surface area contributed by atoms with Gasteiger partial charge in [-0.2, -0.15) is 0 Å². The van der Waals surface area contributed by atoms with Gasteiger partial charge in [0, 0.05) is 22.2 Å². The normalized spacial score (nSPS) is 11.5. The zero-order chi connectivity index (χ0) is 23.8. The van der Waals surface area contributed by atoms with E-state index in [0.29, 0.717) is 28.6 Å². The molecule has 0 bridgehead atoms. The van der Waals surface area contributed by atoms with Crippen LogP contribution in [-0.4, -0.2) is 27.6 Å². The highest BCUT2D eigenvalue weighted by Gasteiger charge is 2.31. The minimum absolute atomic E-state index is 0.129. The van der Waals surface area contributed by atoms with Gasteiger partial charge in [-0.05, 0) is 42.5 Å². The van der Waals surface area contributed by atoms with Crippen LogP contribution in [0.5, 0.6) is 11.5 Å². The summed E-state index contributed by atoms with van der Waals surface area (Å²) in [6.45, 7) is -0.201. The Labute approximate surface area is 201 Å². The van der Waals surface area contributed by atoms with Crippen molar-refractivity contribution in [3.05, 3.63) is 76.3 Å². The number of ether oxygens (including phenoxy) is 2. The molecular formula is C22H17BrF2N2O4S2. The summed E-state index contributed by atoms with van der Waals surface area (Å²) in [6, 6.07) is 12.6. The Kier molecular flexibility index (Phi) is 6.55. The van der Waals surface area contributed by atoms with Gasteiger partial charge < -0.3 is 9.47 Å². The molecule has 0 amide bonds. The second-order valence-corrected chi connectivity index (χ2v) is 10.6. The number of thiazole rings is 1. The Balaban J connectivity index is 1.88. The first-order valence-corrected chi connectivity index (χ1v) is 12.5. The average Bonchev–Trinajstić information content (AvgIpc) is 3.19. The average molecular weight is 555 g/mol. The third-order valence-electron chi connectivity index (χ3n) is 4.82. The van der Waals surface area contributed by atoms with E-state index in [9.17, 15) is 17.2 Å². The van der Waals surface area contributed by atoms with E-state index < -0.39 is 26.6 Å². The van der Waals surface area contributed by atoms with Crippen molar-refractivity contribution in [1.29, 1.82) is 0 Å². The van der Waals surface area contributed by atoms with Crippen LogP contribution in [0.2, 0.25) is 0 Å². The standard InChI is InChI=1S/C22H17BrF2N2O4S2/c1-30-16-6-3-13(19(11-16)31-2)12-27(22-26-18-7-4-14(23)9-20(18)32-22)33(28,29)21-8-5-15(24)10-17(21)25/h3-11H,12H2,1-2H3. The van der Waals surface area contributed by atoms with E-state index in [0.717, 1.165) is 36.9 Å². The molecule has 1 heterocycles. The molecule has 172 valence electrons. The quantitative estimate of drug-likeness (QED) is 0.291. The fraction of sp³-hybridized carbons (Fsp3) is 0.136. The van der Waals surface area contributed by atoms with Gasteiger partial charge in [0.15, 0.2) is 0 Å². The summed E-state index contributed by atoms with van der Waals surface area (Å²) in [5.74, 6) is -1.15. The molecule has 0 N–H and O–H groups in total. The summed E-state index contributed by atoms with van der Waals surface area (Å²) in [6.07, 6.45) is 0. The van der Waals surface area contributed by atoms with Crippen LogP contribution in [0.25, 0.3) is 10.2 Å². The zero-order valence-electron chi connectivity index (χ0n) is 17.4. The maximum Gasteiger partial charge on any atom is 0.269 e. The third kappa shape index (κ3) is 4.66. The smallest absolute Gasteiger partial charge is 0.269 e. The highest BCUT2D eigenvalue weighted by Crippen LogP contribution is 2.37. The number of methoxy groups -OCH3 is 2. The molecule has 6 nitrogen and oxygen atoms in total. The van der Waals surface area contributed by atoms with Crippen LogP contribution in [0.1, 0.15) is 5.56 Å². The summed E-state index contributed by atoms with van der Waals surface area (Å²) in [5, 5.41) is 0.129. The second kappa shape index (κ2) is 9.24. The monoisotopic (exact) mass is 554 g/mol. The van der Waals surface area contributed by atoms with Crippen LogP contribution in [0, 0.1) is 11.6 Å². The summed E-state index contributed by atoms with van der Waals surface area (Å²) in [5.41, 5.74) is 1.09. The van der Waals surface area contributed by atoms with E-state index in [1.807, 2.05) is 6.07 Å². The van der Waals surface area contributed by atoms with Gasteiger partial charge in [-0.3, -0.25) is 0 Å². The van der Waals surface area contributed by atoms with Crippen LogP contribution in [0.15, 0.2) is 64.0 Å². The lowest BCUT2D eigenvalue weighted by Crippen LogP contribution is -2.31. The Bertz CT molecular complexity index is 1440. The first kappa shape index (κ1) is 23.4. The Morgan fingerprint density at radius 3 is 2.52 bits per heavy atom. The number of aromatic nitrogens is 1. The van der Waals surface area contributed by atoms with Crippen LogP contribution in [-0.2, 0) is 16.6 Å². The molecule has 0 unspecified atom stereocenters. The minimum atomic E-state index is -4.46. The van der Waals surface area contributed by atoms with Gasteiger partial charge in [0.05, 0.1) is 31.0 Å². The Morgan fingerprint density at radius 2 is 1.82 bits per heavy atom. The number of benzene rings is 3. The minimum Gasteiger partial charge on any atom is -0.497 e. The van der Waals surface area contributed by atoms with Gasteiger partial charge >= 0.3 is 0 Å². The molecule has 0 fully saturated rings. The van der Waals surface area contributed by atoms with Gasteiger partial charge in [0.1, 0.15) is 28.0 Å². The van der Waals surface area contributed by atoms with E-state index in [2.05, 4.69) is 20.9 Å². The van der Waals surface area contributed by atoms with E-state index in [4.69, 9.17) is 9.47 Å². The molecule has 11 heteroatoms. The van der Waals surface area contributed by atoms with Gasteiger partial charge in [-0.1, -0.05) is 27.3 Å². The molecule has 0 aliphatic carbocycles. The predicted octanol–water partition coefficient (Wildman–Crippen LogP) is 5.75. The topological polar surface area (TPSA) is 68.7 Å². The van der Waals surface area contributed by atoms with Crippen molar-refractivity contribution < 1.29 is 26.7 Å². The number of halogens is 3. The SMILES string of the molecule is COc1ccc(CN(c2nc3ccc(Br)cc3s2)S(=O)(=O)c2ccc(F)cc2F)c(OC)c1. The van der Waals surface area contributed by atoms with Crippen molar-refractivity contribution in [3.8, 4) is 11.5 Å². The Morgan fingerprint density at radius 1 is 1.03 bits per heavy atom. The molecule has 0 saturated heterocycles. The number of hydrogen-bond donors (Lipinski definition) is 0. The lowest BCUT2D eigenvalue weighted by molar-refractivity contribution is 0.391. The first-order valence-electron chi connectivity index (χ1n) is 9.47. The van der Waals surface area contributed by atoms with E-state index in [1.54, 1.807) is 30.3 Å². The lowest BCUT2D eigenvalue weighted by atomic mass is 10.2. The maximum atomic E-state index is 14.6. The summed E-state index contributed by atoms with van der Waals surface area (Å²) < 4.78 is 68.3. The first-order chi connectivity index (χ1) is 15.7. The highest BCUT2D eigenvalue weighted by atomic mass is 79.9. The predicted molar refractivity (Wildman–Crippen MR) is 127 cm³/mol. The number of hydrogen-bond acceptors (Lipinski definition) is 6. The molecule has 0 atom stereocenters. The highest BCUT2D eigenvalue weighted by molar-refractivity contribution is 9.10. The molecule has 0 saturated carbocycles. The van der Waals surface area contributed by atoms with Crippen LogP contribution in [0.3, 0.4) is 0 Å². The molecular weight excluding hydrogens is 538 g/mol. The number of fused-ring (bicyclic) bond motifs is 1. The molecule has 4 aromatic rings. The molecule has 4 rings (SSSR count). The summed E-state index contributed by atoms with van der Waals surface area (Å²) >= 11 is 4.53. The fourth-order valence-electron chi connectivity index (χ4n) is 3.19. The number of sulfonamides is 1. The molecule has 0 radical (unpaired) electrons. The maximum absolute atomic E-state index is 14.6. The number of rotatable bonds is 7. The van der Waals surface area contributed by atoms with E-state index in [1.165, 1.54) is 14.2 Å². The van der Waals surface area contributed by atoms with Gasteiger partial charge in [0.2, 0.25) is 5.13 Å². The van der Waals surface area contributed by atoms with Crippen LogP contribution in [0.4, 0.5) is 13.9 Å². The van der Waals surface area contributed by atoms with Crippen molar-refractivity contribution in [2.24, 2.45) is 0 Å². The van der Waals surface area contributed by atoms with E-state index in [-0.39, 0.29) is 11.7 Å². The van der Waals surface area contributed by atoms with Gasteiger partial charge in [-0.15, -0.1) is 0 Å². The van der Waals surface area contributed by atoms with Crippen molar-refractivity contribution >= 4 is 52.6 Å². The van der Waals surface area contributed by atoms with Crippen molar-refractivity contribution in [1.82, 2.24) is 4.98 Å². The molecule has 33 heavy (non-hydrogen) atoms. The summed E-state index contributed by atoms with van der Waals surface area (Å²) in [7, 11) is -1.50. The van der Waals surface area contributed by atoms with Crippen LogP contribution < -0.4 is 13.8 Å². The largest absolute Gasteiger partial charge is 0.497 e. The summed E-state index contributed by atoms with van der Waals surface area (Å²) in [4.78, 5) is 3.81. The fourth-order valence-corrected chi connectivity index (χ4v) is 6.36.